The summed E-state index contributed by atoms with van der Waals surface area (Å²) in [5.41, 5.74) is 1.03. The van der Waals surface area contributed by atoms with Crippen LogP contribution in [0.15, 0.2) is 101 Å². The van der Waals surface area contributed by atoms with Crippen molar-refractivity contribution < 1.29 is 70.8 Å². The molecule has 0 saturated heterocycles. The molecule has 9 rings (SSSR count). The van der Waals surface area contributed by atoms with Gasteiger partial charge in [-0.1, -0.05) is 72.8 Å². The van der Waals surface area contributed by atoms with Gasteiger partial charge in [0.05, 0.1) is 27.1 Å². The summed E-state index contributed by atoms with van der Waals surface area (Å²) in [6.07, 6.45) is -3.61. The van der Waals surface area contributed by atoms with Crippen molar-refractivity contribution in [3.63, 3.8) is 0 Å². The number of aliphatic hydroxyl groups excluding tert-OH is 5. The smallest absolute Gasteiger partial charge is 0.205 e. The van der Waals surface area contributed by atoms with Crippen molar-refractivity contribution in [1.29, 1.82) is 0 Å². The Labute approximate surface area is 312 Å². The van der Waals surface area contributed by atoms with E-state index in [4.69, 9.17) is 4.42 Å². The predicted octanol–water partition coefficient (Wildman–Crippen LogP) is 7.36. The maximum atomic E-state index is 12.1. The molecule has 0 radical (unpaired) electrons. The Morgan fingerprint density at radius 2 is 0.875 bits per heavy atom. The van der Waals surface area contributed by atoms with Crippen LogP contribution in [0.2, 0.25) is 0 Å². The second kappa shape index (κ2) is 11.7. The number of benzene rings is 7. The largest absolute Gasteiger partial charge is 0.507 e. The fourth-order valence-corrected chi connectivity index (χ4v) is 7.93. The molecule has 280 valence electrons. The molecule has 7 aromatic carbocycles. The number of hydrogen-bond acceptors (Lipinski definition) is 14. The zero-order valence-electron chi connectivity index (χ0n) is 28.4. The van der Waals surface area contributed by atoms with Gasteiger partial charge in [0, 0.05) is 17.2 Å². The average Bonchev–Trinajstić information content (AvgIpc) is 3.58. The van der Waals surface area contributed by atoms with E-state index < -0.39 is 91.8 Å². The van der Waals surface area contributed by atoms with Crippen LogP contribution in [0.1, 0.15) is 5.56 Å². The first kappa shape index (κ1) is 34.1. The van der Waals surface area contributed by atoms with Gasteiger partial charge in [-0.05, 0) is 38.2 Å². The van der Waals surface area contributed by atoms with Crippen molar-refractivity contribution in [2.75, 3.05) is 0 Å². The summed E-state index contributed by atoms with van der Waals surface area (Å²) in [5, 5.41) is 140. The van der Waals surface area contributed by atoms with E-state index in [9.17, 15) is 66.4 Å². The molecule has 8 aromatic rings. The molecule has 56 heavy (non-hydrogen) atoms. The van der Waals surface area contributed by atoms with Crippen LogP contribution in [0.3, 0.4) is 0 Å². The summed E-state index contributed by atoms with van der Waals surface area (Å²) in [6.45, 7) is 0. The van der Waals surface area contributed by atoms with Gasteiger partial charge in [0.25, 0.3) is 0 Å². The first-order valence-corrected chi connectivity index (χ1v) is 16.8. The van der Waals surface area contributed by atoms with Gasteiger partial charge in [-0.15, -0.1) is 0 Å². The van der Waals surface area contributed by atoms with Gasteiger partial charge in [-0.3, -0.25) is 0 Å². The maximum absolute atomic E-state index is 12.1. The number of rotatable bonds is 3. The van der Waals surface area contributed by atoms with E-state index >= 15 is 0 Å². The quantitative estimate of drug-likeness (QED) is 0.0477. The van der Waals surface area contributed by atoms with Crippen LogP contribution in [-0.2, 0) is 0 Å². The number of aliphatic hydroxyl groups is 5. The highest BCUT2D eigenvalue weighted by atomic mass is 16.4. The molecule has 2 unspecified atom stereocenters. The summed E-state index contributed by atoms with van der Waals surface area (Å²) in [4.78, 5) is 0. The molecule has 0 aliphatic heterocycles. The van der Waals surface area contributed by atoms with Crippen LogP contribution < -0.4 is 0 Å². The SMILES string of the molecule is OC1=C(O)C(O)C(O)C(c2ccc(-c3c4ccccc4c(-c4c(O)cc5oc6c7c(O)c(O)c(O)c(O)c7c(O)c(O)c6c5c4O)c4ccccc34)cc2)=C1O. The van der Waals surface area contributed by atoms with Crippen molar-refractivity contribution in [1.82, 2.24) is 0 Å². The molecule has 13 N–H and O–H groups in total. The minimum absolute atomic E-state index is 0.0996. The van der Waals surface area contributed by atoms with Gasteiger partial charge < -0.3 is 70.8 Å². The fourth-order valence-electron chi connectivity index (χ4n) is 7.93. The average molecular weight is 757 g/mol. The van der Waals surface area contributed by atoms with Crippen LogP contribution in [0, 0.1) is 0 Å². The number of fused-ring (bicyclic) bond motifs is 7. The maximum Gasteiger partial charge on any atom is 0.205 e. The normalized spacial score (nSPS) is 16.3. The number of phenols is 8. The van der Waals surface area contributed by atoms with E-state index in [2.05, 4.69) is 0 Å². The van der Waals surface area contributed by atoms with E-state index in [1.165, 1.54) is 0 Å². The molecule has 1 aromatic heterocycles. The van der Waals surface area contributed by atoms with Gasteiger partial charge >= 0.3 is 0 Å². The molecule has 0 saturated carbocycles. The standard InChI is InChI=1S/C42H28O14/c43-20-13-21-26(28-35(49)33(47)27-29(42(28)56-21)36(50)40(54)39(53)34(27)48)30(44)25(20)24-18-7-3-1-5-16(18)22(17-6-2-4-8-19(17)24)14-9-11-15(12-10-14)23-31(45)37(51)41(55)38(52)32(23)46/h1-13,31,37,43-55H. The number of phenolic OH excluding ortho intramolecular Hbond substituents is 8. The van der Waals surface area contributed by atoms with Crippen molar-refractivity contribution in [3.8, 4) is 68.2 Å². The van der Waals surface area contributed by atoms with Crippen LogP contribution in [-0.4, -0.2) is 78.6 Å². The minimum Gasteiger partial charge on any atom is -0.507 e. The highest BCUT2D eigenvalue weighted by Gasteiger charge is 2.37. The molecule has 1 aliphatic rings. The molecule has 1 heterocycles. The van der Waals surface area contributed by atoms with Gasteiger partial charge in [0.1, 0.15) is 29.3 Å². The number of hydrogen-bond donors (Lipinski definition) is 13. The molecule has 0 fully saturated rings. The lowest BCUT2D eigenvalue weighted by molar-refractivity contribution is 0.0373. The highest BCUT2D eigenvalue weighted by Crippen LogP contribution is 2.60. The Kier molecular flexibility index (Phi) is 7.10. The fraction of sp³-hybridized carbons (Fsp3) is 0.0476. The van der Waals surface area contributed by atoms with Gasteiger partial charge in [-0.25, -0.2) is 0 Å². The van der Waals surface area contributed by atoms with Gasteiger partial charge in [0.2, 0.25) is 11.5 Å². The Bertz CT molecular complexity index is 3060. The number of aromatic hydroxyl groups is 8. The predicted molar refractivity (Wildman–Crippen MR) is 204 cm³/mol. The Morgan fingerprint density at radius 1 is 0.411 bits per heavy atom. The second-order valence-electron chi connectivity index (χ2n) is 13.4. The van der Waals surface area contributed by atoms with Gasteiger partial charge in [-0.2, -0.15) is 0 Å². The molecule has 14 heteroatoms. The van der Waals surface area contributed by atoms with Crippen LogP contribution in [0.25, 0.3) is 82.1 Å². The second-order valence-corrected chi connectivity index (χ2v) is 13.4. The van der Waals surface area contributed by atoms with Crippen LogP contribution in [0.4, 0.5) is 0 Å². The third-order valence-corrected chi connectivity index (χ3v) is 10.5. The molecule has 0 bridgehead atoms. The van der Waals surface area contributed by atoms with Crippen molar-refractivity contribution in [3.05, 3.63) is 102 Å². The van der Waals surface area contributed by atoms with Crippen molar-refractivity contribution in [2.24, 2.45) is 0 Å². The molecule has 0 amide bonds. The minimum atomic E-state index is -1.87. The Hall–Kier alpha value is -7.68. The van der Waals surface area contributed by atoms with Crippen molar-refractivity contribution >= 4 is 59.8 Å². The van der Waals surface area contributed by atoms with E-state index in [1.807, 2.05) is 12.1 Å². The Balaban J connectivity index is 1.32. The topological polar surface area (TPSA) is 276 Å². The summed E-state index contributed by atoms with van der Waals surface area (Å²) in [7, 11) is 0. The summed E-state index contributed by atoms with van der Waals surface area (Å²) >= 11 is 0. The van der Waals surface area contributed by atoms with Crippen LogP contribution in [0.5, 0.6) is 46.0 Å². The molecule has 1 aliphatic carbocycles. The third-order valence-electron chi connectivity index (χ3n) is 10.5. The lowest BCUT2D eigenvalue weighted by Crippen LogP contribution is -2.34. The van der Waals surface area contributed by atoms with E-state index in [-0.39, 0.29) is 33.1 Å². The first-order chi connectivity index (χ1) is 26.7. The zero-order chi connectivity index (χ0) is 39.6. The highest BCUT2D eigenvalue weighted by molar-refractivity contribution is 6.28. The van der Waals surface area contributed by atoms with E-state index in [1.54, 1.807) is 60.7 Å². The zero-order valence-corrected chi connectivity index (χ0v) is 28.4. The molecule has 0 spiro atoms. The van der Waals surface area contributed by atoms with E-state index in [0.29, 0.717) is 38.2 Å². The molecular weight excluding hydrogens is 728 g/mol. The van der Waals surface area contributed by atoms with Crippen LogP contribution >= 0.6 is 0 Å². The van der Waals surface area contributed by atoms with E-state index in [0.717, 1.165) is 6.07 Å². The lowest BCUT2D eigenvalue weighted by atomic mass is 9.84. The summed E-state index contributed by atoms with van der Waals surface area (Å²) in [6, 6.07) is 21.9. The first-order valence-electron chi connectivity index (χ1n) is 16.8. The Morgan fingerprint density at radius 3 is 1.45 bits per heavy atom. The molecular formula is C42H28O14. The summed E-state index contributed by atoms with van der Waals surface area (Å²) < 4.78 is 5.89. The van der Waals surface area contributed by atoms with Gasteiger partial charge in [0.15, 0.2) is 45.9 Å². The monoisotopic (exact) mass is 756 g/mol. The summed E-state index contributed by atoms with van der Waals surface area (Å²) in [5.74, 6) is -10.1. The third kappa shape index (κ3) is 4.32. The van der Waals surface area contributed by atoms with Crippen molar-refractivity contribution in [2.45, 2.75) is 12.2 Å². The molecule has 2 atom stereocenters. The lowest BCUT2D eigenvalue weighted by Gasteiger charge is -2.26. The molecule has 14 nitrogen and oxygen atoms in total. The number of furan rings is 1.